The second kappa shape index (κ2) is 8.45. The highest BCUT2D eigenvalue weighted by Crippen LogP contribution is 2.37. The molecule has 1 heterocycles. The molecule has 0 bridgehead atoms. The van der Waals surface area contributed by atoms with Gasteiger partial charge in [-0.3, -0.25) is 9.80 Å². The Kier molecular flexibility index (Phi) is 5.80. The van der Waals surface area contributed by atoms with Gasteiger partial charge in [0.2, 0.25) is 0 Å². The Hall–Kier alpha value is -1.84. The molecule has 0 N–H and O–H groups in total. The second-order valence-corrected chi connectivity index (χ2v) is 7.80. The zero-order valence-electron chi connectivity index (χ0n) is 15.1. The molecule has 1 aliphatic heterocycles. The van der Waals surface area contributed by atoms with Crippen LogP contribution in [-0.4, -0.2) is 22.9 Å². The molecular weight excluding hydrogens is 375 g/mol. The van der Waals surface area contributed by atoms with Crippen molar-refractivity contribution < 1.29 is 0 Å². The SMILES string of the molecule is Clc1ccc(C2N(Cc3ccccc3)CCN2Cc2ccccc2)c(Cl)c1. The summed E-state index contributed by atoms with van der Waals surface area (Å²) in [6, 6.07) is 27.1. The first-order chi connectivity index (χ1) is 13.2. The Morgan fingerprint density at radius 1 is 0.704 bits per heavy atom. The van der Waals surface area contributed by atoms with Crippen LogP contribution in [0.15, 0.2) is 78.9 Å². The Morgan fingerprint density at radius 2 is 1.22 bits per heavy atom. The van der Waals surface area contributed by atoms with E-state index >= 15 is 0 Å². The van der Waals surface area contributed by atoms with Gasteiger partial charge >= 0.3 is 0 Å². The quantitative estimate of drug-likeness (QED) is 0.520. The molecule has 0 aromatic heterocycles. The van der Waals surface area contributed by atoms with Crippen LogP contribution in [0.4, 0.5) is 0 Å². The molecule has 4 rings (SSSR count). The molecule has 0 spiro atoms. The molecule has 1 saturated heterocycles. The fraction of sp³-hybridized carbons (Fsp3) is 0.217. The van der Waals surface area contributed by atoms with Crippen molar-refractivity contribution in [3.8, 4) is 0 Å². The number of nitrogens with zero attached hydrogens (tertiary/aromatic N) is 2. The lowest BCUT2D eigenvalue weighted by molar-refractivity contribution is 0.126. The molecule has 1 fully saturated rings. The molecule has 27 heavy (non-hydrogen) atoms. The van der Waals surface area contributed by atoms with Crippen LogP contribution >= 0.6 is 23.2 Å². The lowest BCUT2D eigenvalue weighted by Gasteiger charge is -2.31. The molecule has 138 valence electrons. The average Bonchev–Trinajstić information content (AvgIpc) is 3.05. The van der Waals surface area contributed by atoms with Crippen LogP contribution in [0.1, 0.15) is 22.9 Å². The molecule has 3 aromatic rings. The van der Waals surface area contributed by atoms with E-state index in [1.165, 1.54) is 11.1 Å². The van der Waals surface area contributed by atoms with Gasteiger partial charge in [0.05, 0.1) is 6.17 Å². The van der Waals surface area contributed by atoms with Gasteiger partial charge in [0, 0.05) is 41.8 Å². The molecule has 0 unspecified atom stereocenters. The maximum Gasteiger partial charge on any atom is 0.0907 e. The molecule has 2 nitrogen and oxygen atoms in total. The molecule has 0 atom stereocenters. The van der Waals surface area contributed by atoms with Crippen molar-refractivity contribution in [2.24, 2.45) is 0 Å². The van der Waals surface area contributed by atoms with E-state index in [2.05, 4.69) is 76.5 Å². The molecule has 1 aliphatic rings. The summed E-state index contributed by atoms with van der Waals surface area (Å²) in [7, 11) is 0. The number of hydrogen-bond acceptors (Lipinski definition) is 2. The highest BCUT2D eigenvalue weighted by Gasteiger charge is 2.34. The van der Waals surface area contributed by atoms with Crippen molar-refractivity contribution >= 4 is 23.2 Å². The average molecular weight is 397 g/mol. The van der Waals surface area contributed by atoms with E-state index in [9.17, 15) is 0 Å². The second-order valence-electron chi connectivity index (χ2n) is 6.95. The van der Waals surface area contributed by atoms with Crippen molar-refractivity contribution in [3.05, 3.63) is 106 Å². The van der Waals surface area contributed by atoms with Gasteiger partial charge in [-0.05, 0) is 23.3 Å². The van der Waals surface area contributed by atoms with Crippen LogP contribution in [0, 0.1) is 0 Å². The summed E-state index contributed by atoms with van der Waals surface area (Å²) in [5, 5.41) is 1.40. The Labute approximate surface area is 170 Å². The summed E-state index contributed by atoms with van der Waals surface area (Å²) in [4.78, 5) is 4.99. The van der Waals surface area contributed by atoms with E-state index in [1.54, 1.807) is 0 Å². The van der Waals surface area contributed by atoms with Crippen LogP contribution < -0.4 is 0 Å². The van der Waals surface area contributed by atoms with E-state index in [0.717, 1.165) is 36.8 Å². The van der Waals surface area contributed by atoms with Gasteiger partial charge in [0.25, 0.3) is 0 Å². The first-order valence-corrected chi connectivity index (χ1v) is 9.97. The van der Waals surface area contributed by atoms with Crippen molar-refractivity contribution in [3.63, 3.8) is 0 Å². The summed E-state index contributed by atoms with van der Waals surface area (Å²) >= 11 is 12.8. The maximum absolute atomic E-state index is 6.61. The van der Waals surface area contributed by atoms with E-state index in [-0.39, 0.29) is 6.17 Å². The molecule has 0 radical (unpaired) electrons. The van der Waals surface area contributed by atoms with Crippen molar-refractivity contribution in [2.75, 3.05) is 13.1 Å². The van der Waals surface area contributed by atoms with Gasteiger partial charge in [-0.1, -0.05) is 89.9 Å². The minimum Gasteiger partial charge on any atom is -0.278 e. The zero-order chi connectivity index (χ0) is 18.6. The molecule has 0 saturated carbocycles. The highest BCUT2D eigenvalue weighted by molar-refractivity contribution is 6.35. The van der Waals surface area contributed by atoms with E-state index < -0.39 is 0 Å². The smallest absolute Gasteiger partial charge is 0.0907 e. The Bertz CT molecular complexity index is 834. The fourth-order valence-corrected chi connectivity index (χ4v) is 4.31. The third-order valence-corrected chi connectivity index (χ3v) is 5.63. The maximum atomic E-state index is 6.61. The number of rotatable bonds is 5. The normalized spacial score (nSPS) is 16.1. The minimum absolute atomic E-state index is 0.134. The molecular formula is C23H22Cl2N2. The van der Waals surface area contributed by atoms with Gasteiger partial charge in [-0.15, -0.1) is 0 Å². The molecule has 0 aliphatic carbocycles. The molecule has 4 heteroatoms. The summed E-state index contributed by atoms with van der Waals surface area (Å²) in [6.07, 6.45) is 0.134. The monoisotopic (exact) mass is 396 g/mol. The van der Waals surface area contributed by atoms with Gasteiger partial charge < -0.3 is 0 Å². The lowest BCUT2D eigenvalue weighted by Crippen LogP contribution is -2.30. The van der Waals surface area contributed by atoms with Gasteiger partial charge in [0.1, 0.15) is 0 Å². The summed E-state index contributed by atoms with van der Waals surface area (Å²) in [5.41, 5.74) is 3.74. The Balaban J connectivity index is 1.64. The number of benzene rings is 3. The first-order valence-electron chi connectivity index (χ1n) is 9.21. The summed E-state index contributed by atoms with van der Waals surface area (Å²) < 4.78 is 0. The summed E-state index contributed by atoms with van der Waals surface area (Å²) in [5.74, 6) is 0. The fourth-order valence-electron chi connectivity index (χ4n) is 3.80. The zero-order valence-corrected chi connectivity index (χ0v) is 16.6. The lowest BCUT2D eigenvalue weighted by atomic mass is 10.1. The predicted octanol–water partition coefficient (Wildman–Crippen LogP) is 6.01. The van der Waals surface area contributed by atoms with Crippen LogP contribution in [0.5, 0.6) is 0 Å². The number of hydrogen-bond donors (Lipinski definition) is 0. The third-order valence-electron chi connectivity index (χ3n) is 5.06. The van der Waals surface area contributed by atoms with E-state index in [1.807, 2.05) is 12.1 Å². The Morgan fingerprint density at radius 3 is 1.70 bits per heavy atom. The largest absolute Gasteiger partial charge is 0.278 e. The summed E-state index contributed by atoms with van der Waals surface area (Å²) in [6.45, 7) is 3.81. The molecule has 0 amide bonds. The minimum atomic E-state index is 0.134. The van der Waals surface area contributed by atoms with Crippen LogP contribution in [0.3, 0.4) is 0 Å². The highest BCUT2D eigenvalue weighted by atomic mass is 35.5. The van der Waals surface area contributed by atoms with Crippen molar-refractivity contribution in [1.29, 1.82) is 0 Å². The van der Waals surface area contributed by atoms with E-state index in [0.29, 0.717) is 5.02 Å². The van der Waals surface area contributed by atoms with Crippen LogP contribution in [0.2, 0.25) is 10.0 Å². The van der Waals surface area contributed by atoms with Crippen molar-refractivity contribution in [1.82, 2.24) is 9.80 Å². The van der Waals surface area contributed by atoms with Crippen LogP contribution in [-0.2, 0) is 13.1 Å². The standard InChI is InChI=1S/C23H22Cl2N2/c24-20-11-12-21(22(25)15-20)23-26(16-18-7-3-1-4-8-18)13-14-27(23)17-19-9-5-2-6-10-19/h1-12,15,23H,13-14,16-17H2. The molecule has 3 aromatic carbocycles. The number of halogens is 2. The van der Waals surface area contributed by atoms with E-state index in [4.69, 9.17) is 23.2 Å². The third kappa shape index (κ3) is 4.36. The predicted molar refractivity (Wildman–Crippen MR) is 113 cm³/mol. The van der Waals surface area contributed by atoms with Gasteiger partial charge in [-0.2, -0.15) is 0 Å². The van der Waals surface area contributed by atoms with Gasteiger partial charge in [0.15, 0.2) is 0 Å². The van der Waals surface area contributed by atoms with Gasteiger partial charge in [-0.25, -0.2) is 0 Å². The van der Waals surface area contributed by atoms with Crippen LogP contribution in [0.25, 0.3) is 0 Å². The topological polar surface area (TPSA) is 6.48 Å². The first kappa shape index (κ1) is 18.5. The van der Waals surface area contributed by atoms with Crippen molar-refractivity contribution in [2.45, 2.75) is 19.3 Å².